The van der Waals surface area contributed by atoms with Crippen LogP contribution in [0.15, 0.2) is 60.8 Å². The van der Waals surface area contributed by atoms with Crippen LogP contribution in [0, 0.1) is 25.7 Å². The van der Waals surface area contributed by atoms with Crippen molar-refractivity contribution in [3.8, 4) is 11.3 Å². The maximum Gasteiger partial charge on any atom is 0.232 e. The van der Waals surface area contributed by atoms with Crippen LogP contribution in [-0.2, 0) is 21.6 Å². The van der Waals surface area contributed by atoms with Crippen molar-refractivity contribution in [2.75, 3.05) is 19.7 Å². The maximum absolute atomic E-state index is 14.0. The highest BCUT2D eigenvalue weighted by atomic mass is 16.5. The van der Waals surface area contributed by atoms with Gasteiger partial charge in [-0.25, -0.2) is 4.98 Å². The average Bonchev–Trinajstić information content (AvgIpc) is 3.31. The number of aromatic amines is 1. The molecule has 42 heavy (non-hydrogen) atoms. The molecule has 0 aliphatic rings. The van der Waals surface area contributed by atoms with E-state index in [1.54, 1.807) is 0 Å². The number of H-pyrrole nitrogens is 1. The number of benzene rings is 2. The Morgan fingerprint density at radius 1 is 0.929 bits per heavy atom. The third-order valence-corrected chi connectivity index (χ3v) is 7.89. The molecule has 0 saturated heterocycles. The van der Waals surface area contributed by atoms with Crippen LogP contribution in [0.5, 0.6) is 0 Å². The van der Waals surface area contributed by atoms with Gasteiger partial charge in [-0.3, -0.25) is 4.79 Å². The second-order valence-electron chi connectivity index (χ2n) is 13.4. The number of aromatic nitrogens is 2. The Kier molecular flexibility index (Phi) is 9.93. The first kappa shape index (κ1) is 31.5. The maximum atomic E-state index is 14.0. The molecule has 224 valence electrons. The van der Waals surface area contributed by atoms with Crippen molar-refractivity contribution in [1.82, 2.24) is 14.9 Å². The van der Waals surface area contributed by atoms with E-state index in [1.807, 2.05) is 43.1 Å². The summed E-state index contributed by atoms with van der Waals surface area (Å²) in [4.78, 5) is 24.6. The van der Waals surface area contributed by atoms with Crippen molar-refractivity contribution in [2.45, 2.75) is 80.3 Å². The number of pyridine rings is 1. The molecule has 0 aliphatic heterocycles. The van der Waals surface area contributed by atoms with Crippen molar-refractivity contribution < 1.29 is 9.53 Å². The number of carbonyl (C=O) groups is 1. The Bertz CT molecular complexity index is 1470. The first-order chi connectivity index (χ1) is 19.9. The predicted molar refractivity (Wildman–Crippen MR) is 175 cm³/mol. The van der Waals surface area contributed by atoms with E-state index in [9.17, 15) is 4.79 Å². The first-order valence-corrected chi connectivity index (χ1v) is 15.4. The highest BCUT2D eigenvalue weighted by Gasteiger charge is 2.35. The highest BCUT2D eigenvalue weighted by molar-refractivity contribution is 5.92. The molecule has 1 atom stereocenters. The third kappa shape index (κ3) is 7.30. The molecule has 0 spiro atoms. The zero-order valence-corrected chi connectivity index (χ0v) is 27.0. The Balaban J connectivity index is 1.76. The molecule has 5 nitrogen and oxygen atoms in total. The average molecular weight is 568 g/mol. The predicted octanol–water partition coefficient (Wildman–Crippen LogP) is 8.59. The van der Waals surface area contributed by atoms with E-state index >= 15 is 0 Å². The second kappa shape index (κ2) is 13.2. The summed E-state index contributed by atoms with van der Waals surface area (Å²) in [6, 6.07) is 19.1. The van der Waals surface area contributed by atoms with E-state index in [0.29, 0.717) is 25.0 Å². The van der Waals surface area contributed by atoms with Crippen molar-refractivity contribution in [2.24, 2.45) is 11.8 Å². The van der Waals surface area contributed by atoms with Gasteiger partial charge >= 0.3 is 0 Å². The standard InChI is InChI=1S/C37H49N3O2/c1-24(2)20-40(21-25(3)4)36(41)37(8,9)31-18-32-33(28(7)22-42-23-29-13-11-10-12-14-29)34(39-35(32)38-19-31)30-16-26(5)15-27(6)17-30/h10-19,24-25,28H,20-23H2,1-9H3,(H,38,39)/t28-/m1/s1. The summed E-state index contributed by atoms with van der Waals surface area (Å²) < 4.78 is 6.24. The monoisotopic (exact) mass is 567 g/mol. The molecule has 4 aromatic rings. The summed E-state index contributed by atoms with van der Waals surface area (Å²) in [6.07, 6.45) is 1.88. The van der Waals surface area contributed by atoms with Gasteiger partial charge in [0.05, 0.1) is 24.3 Å². The lowest BCUT2D eigenvalue weighted by atomic mass is 9.82. The Labute approximate surface area is 252 Å². The first-order valence-electron chi connectivity index (χ1n) is 15.4. The van der Waals surface area contributed by atoms with Gasteiger partial charge in [0.25, 0.3) is 0 Å². The Morgan fingerprint density at radius 2 is 1.55 bits per heavy atom. The van der Waals surface area contributed by atoms with Gasteiger partial charge in [0, 0.05) is 30.6 Å². The van der Waals surface area contributed by atoms with Crippen molar-refractivity contribution in [3.63, 3.8) is 0 Å². The highest BCUT2D eigenvalue weighted by Crippen LogP contribution is 2.38. The number of aryl methyl sites for hydroxylation is 2. The number of hydrogen-bond donors (Lipinski definition) is 1. The van der Waals surface area contributed by atoms with Crippen LogP contribution in [0.4, 0.5) is 0 Å². The molecule has 2 aromatic carbocycles. The van der Waals surface area contributed by atoms with Crippen LogP contribution in [0.1, 0.15) is 82.2 Å². The molecule has 0 unspecified atom stereocenters. The van der Waals surface area contributed by atoms with Gasteiger partial charge in [-0.2, -0.15) is 0 Å². The SMILES string of the molecule is Cc1cc(C)cc(-c2[nH]c3ncc(C(C)(C)C(=O)N(CC(C)C)CC(C)C)cc3c2[C@H](C)COCc2ccccc2)c1. The molecule has 0 aliphatic carbocycles. The van der Waals surface area contributed by atoms with E-state index in [4.69, 9.17) is 9.72 Å². The van der Waals surface area contributed by atoms with E-state index in [2.05, 4.69) is 89.8 Å². The summed E-state index contributed by atoms with van der Waals surface area (Å²) >= 11 is 0. The quantitative estimate of drug-likeness (QED) is 0.186. The minimum Gasteiger partial charge on any atom is -0.376 e. The molecule has 1 amide bonds. The number of carbonyl (C=O) groups excluding carboxylic acids is 1. The van der Waals surface area contributed by atoms with E-state index < -0.39 is 5.41 Å². The molecule has 1 N–H and O–H groups in total. The molecule has 2 heterocycles. The topological polar surface area (TPSA) is 58.2 Å². The van der Waals surface area contributed by atoms with Gasteiger partial charge < -0.3 is 14.6 Å². The van der Waals surface area contributed by atoms with Gasteiger partial charge in [-0.05, 0) is 80.0 Å². The molecule has 0 bridgehead atoms. The van der Waals surface area contributed by atoms with Gasteiger partial charge in [0.15, 0.2) is 0 Å². The molecule has 0 saturated carbocycles. The molecule has 5 heteroatoms. The summed E-state index contributed by atoms with van der Waals surface area (Å²) in [5.41, 5.74) is 8.06. The molecule has 0 radical (unpaired) electrons. The molecular formula is C37H49N3O2. The zero-order chi connectivity index (χ0) is 30.6. The largest absolute Gasteiger partial charge is 0.376 e. The molecule has 0 fully saturated rings. The van der Waals surface area contributed by atoms with Crippen molar-refractivity contribution >= 4 is 16.9 Å². The van der Waals surface area contributed by atoms with Gasteiger partial charge in [-0.1, -0.05) is 82.1 Å². The minimum atomic E-state index is -0.716. The summed E-state index contributed by atoms with van der Waals surface area (Å²) in [5.74, 6) is 1.05. The summed E-state index contributed by atoms with van der Waals surface area (Å²) in [7, 11) is 0. The van der Waals surface area contributed by atoms with Gasteiger partial charge in [0.2, 0.25) is 5.91 Å². The van der Waals surface area contributed by atoms with Crippen LogP contribution < -0.4 is 0 Å². The number of amides is 1. The lowest BCUT2D eigenvalue weighted by molar-refractivity contribution is -0.137. The summed E-state index contributed by atoms with van der Waals surface area (Å²) in [5, 5.41) is 1.05. The normalized spacial score (nSPS) is 12.8. The van der Waals surface area contributed by atoms with E-state index in [0.717, 1.165) is 46.5 Å². The van der Waals surface area contributed by atoms with E-state index in [-0.39, 0.29) is 11.8 Å². The number of ether oxygens (including phenoxy) is 1. The minimum absolute atomic E-state index is 0.104. The van der Waals surface area contributed by atoms with E-state index in [1.165, 1.54) is 16.7 Å². The lowest BCUT2D eigenvalue weighted by Crippen LogP contribution is -2.46. The van der Waals surface area contributed by atoms with Crippen LogP contribution in [0.25, 0.3) is 22.3 Å². The van der Waals surface area contributed by atoms with Crippen LogP contribution in [0.3, 0.4) is 0 Å². The van der Waals surface area contributed by atoms with Crippen LogP contribution in [0.2, 0.25) is 0 Å². The number of nitrogens with one attached hydrogen (secondary N) is 1. The fourth-order valence-corrected chi connectivity index (χ4v) is 5.94. The van der Waals surface area contributed by atoms with Crippen LogP contribution in [-0.4, -0.2) is 40.5 Å². The Hall–Kier alpha value is -3.44. The molecule has 2 aromatic heterocycles. The fourth-order valence-electron chi connectivity index (χ4n) is 5.94. The fraction of sp³-hybridized carbons (Fsp3) is 0.459. The number of nitrogens with zero attached hydrogens (tertiary/aromatic N) is 2. The molecule has 4 rings (SSSR count). The Morgan fingerprint density at radius 3 is 2.14 bits per heavy atom. The van der Waals surface area contributed by atoms with Gasteiger partial charge in [0.1, 0.15) is 5.65 Å². The van der Waals surface area contributed by atoms with Crippen LogP contribution >= 0.6 is 0 Å². The lowest BCUT2D eigenvalue weighted by Gasteiger charge is -2.34. The number of fused-ring (bicyclic) bond motifs is 1. The van der Waals surface area contributed by atoms with Crippen molar-refractivity contribution in [1.29, 1.82) is 0 Å². The van der Waals surface area contributed by atoms with Crippen molar-refractivity contribution in [3.05, 3.63) is 88.6 Å². The third-order valence-electron chi connectivity index (χ3n) is 7.89. The zero-order valence-electron chi connectivity index (χ0n) is 27.0. The number of rotatable bonds is 12. The smallest absolute Gasteiger partial charge is 0.232 e. The second-order valence-corrected chi connectivity index (χ2v) is 13.4. The number of hydrogen-bond acceptors (Lipinski definition) is 3. The van der Waals surface area contributed by atoms with Gasteiger partial charge in [-0.15, -0.1) is 0 Å². The molecular weight excluding hydrogens is 518 g/mol. The summed E-state index contributed by atoms with van der Waals surface area (Å²) in [6.45, 7) is 21.9.